The van der Waals surface area contributed by atoms with Gasteiger partial charge in [0, 0.05) is 10.8 Å². The quantitative estimate of drug-likeness (QED) is 0.0413. The van der Waals surface area contributed by atoms with Crippen molar-refractivity contribution in [3.05, 3.63) is 72.8 Å². The molecular weight excluding hydrogens is 1010 g/mol. The van der Waals surface area contributed by atoms with Gasteiger partial charge in [-0.25, -0.2) is 0 Å². The third-order valence-corrected chi connectivity index (χ3v) is 13.2. The molecule has 70 heavy (non-hydrogen) atoms. The van der Waals surface area contributed by atoms with Crippen molar-refractivity contribution >= 4 is 108 Å². The van der Waals surface area contributed by atoms with Crippen molar-refractivity contribution in [3.63, 3.8) is 0 Å². The molecule has 0 aliphatic carbocycles. The van der Waals surface area contributed by atoms with Crippen LogP contribution in [0.5, 0.6) is 23.0 Å². The number of hydrogen-bond donors (Lipinski definition) is 10. The zero-order valence-electron chi connectivity index (χ0n) is 36.3. The molecule has 10 N–H and O–H groups in total. The molecule has 0 radical (unpaired) electrons. The summed E-state index contributed by atoms with van der Waals surface area (Å²) < 4.78 is 149. The minimum Gasteiger partial charge on any atom is -0.505 e. The smallest absolute Gasteiger partial charge is 0.296 e. The molecule has 0 heterocycles. The number of benzene rings is 6. The summed E-state index contributed by atoms with van der Waals surface area (Å²) in [6, 6.07) is 13.3. The number of carbonyl (C=O) groups is 2. The number of ether oxygens (including phenoxy) is 2. The second-order valence-corrected chi connectivity index (χ2v) is 20.1. The number of rotatable bonds is 17. The highest BCUT2D eigenvalue weighted by molar-refractivity contribution is 7.86. The van der Waals surface area contributed by atoms with Crippen LogP contribution in [0, 0.1) is 0 Å². The number of nitrogens with one attached hydrogen (secondary N) is 4. The monoisotopic (exact) mass is 1050 g/mol. The number of anilines is 2. The number of phenols is 2. The first-order valence-electron chi connectivity index (χ1n) is 19.4. The second kappa shape index (κ2) is 20.0. The minimum atomic E-state index is -5.24. The summed E-state index contributed by atoms with van der Waals surface area (Å²) >= 11 is 0. The third-order valence-electron chi connectivity index (χ3n) is 9.83. The van der Waals surface area contributed by atoms with Crippen LogP contribution in [0.25, 0.3) is 32.7 Å². The van der Waals surface area contributed by atoms with Gasteiger partial charge in [-0.05, 0) is 96.7 Å². The van der Waals surface area contributed by atoms with Crippen LogP contribution in [0.15, 0.2) is 113 Å². The van der Waals surface area contributed by atoms with Gasteiger partial charge in [-0.1, -0.05) is 12.1 Å². The van der Waals surface area contributed by atoms with E-state index in [-0.39, 0.29) is 68.9 Å². The fourth-order valence-corrected chi connectivity index (χ4v) is 9.20. The molecule has 0 aliphatic rings. The number of hydrogen-bond acceptors (Lipinski definition) is 20. The van der Waals surface area contributed by atoms with Gasteiger partial charge in [0.15, 0.2) is 11.5 Å². The van der Waals surface area contributed by atoms with Crippen LogP contribution in [-0.2, 0) is 50.1 Å². The van der Waals surface area contributed by atoms with E-state index in [1.807, 2.05) is 0 Å². The first-order valence-corrected chi connectivity index (χ1v) is 25.1. The lowest BCUT2D eigenvalue weighted by atomic mass is 10.0. The zero-order chi connectivity index (χ0) is 51.7. The highest BCUT2D eigenvalue weighted by Crippen LogP contribution is 2.48. The molecule has 26 nitrogen and oxygen atoms in total. The van der Waals surface area contributed by atoms with Crippen LogP contribution >= 0.6 is 0 Å². The highest BCUT2D eigenvalue weighted by Gasteiger charge is 2.28. The molecule has 6 aromatic rings. The lowest BCUT2D eigenvalue weighted by Crippen LogP contribution is -2.25. The van der Waals surface area contributed by atoms with Gasteiger partial charge in [0.1, 0.15) is 44.0 Å². The average Bonchev–Trinajstić information content (AvgIpc) is 3.26. The van der Waals surface area contributed by atoms with Crippen LogP contribution in [0.1, 0.15) is 0 Å². The minimum absolute atomic E-state index is 0.00484. The van der Waals surface area contributed by atoms with E-state index in [1.54, 1.807) is 0 Å². The maximum Gasteiger partial charge on any atom is 0.296 e. The first-order chi connectivity index (χ1) is 32.7. The molecule has 0 spiro atoms. The van der Waals surface area contributed by atoms with Gasteiger partial charge in [0.25, 0.3) is 40.5 Å². The zero-order valence-corrected chi connectivity index (χ0v) is 39.6. The molecule has 0 saturated heterocycles. The Kier molecular flexibility index (Phi) is 14.9. The van der Waals surface area contributed by atoms with Gasteiger partial charge >= 0.3 is 0 Å². The van der Waals surface area contributed by atoms with E-state index in [1.165, 1.54) is 64.7 Å². The molecule has 0 unspecified atom stereocenters. The molecule has 0 aromatic heterocycles. The largest absolute Gasteiger partial charge is 0.505 e. The molecule has 0 aliphatic heterocycles. The number of azo groups is 2. The van der Waals surface area contributed by atoms with Crippen LogP contribution < -0.4 is 30.7 Å². The Balaban J connectivity index is 1.41. The van der Waals surface area contributed by atoms with Gasteiger partial charge in [0.05, 0.1) is 48.5 Å². The molecule has 0 atom stereocenters. The number of amides is 2. The maximum atomic E-state index is 12.6. The number of phenolic OH excluding ortho intramolecular Hbond substituents is 2. The van der Waals surface area contributed by atoms with Gasteiger partial charge in [0.2, 0.25) is 11.8 Å². The maximum absolute atomic E-state index is 12.6. The lowest BCUT2D eigenvalue weighted by molar-refractivity contribution is -0.116. The van der Waals surface area contributed by atoms with E-state index < -0.39 is 94.7 Å². The predicted molar refractivity (Wildman–Crippen MR) is 249 cm³/mol. The van der Waals surface area contributed by atoms with Crippen LogP contribution in [-0.4, -0.2) is 115 Å². The molecule has 2 amide bonds. The number of fused-ring (bicyclic) bond motifs is 2. The van der Waals surface area contributed by atoms with Crippen molar-refractivity contribution < 1.29 is 81.2 Å². The van der Waals surface area contributed by atoms with E-state index in [9.17, 15) is 71.7 Å². The molecule has 370 valence electrons. The van der Waals surface area contributed by atoms with E-state index in [4.69, 9.17) is 9.47 Å². The third kappa shape index (κ3) is 11.3. The summed E-state index contributed by atoms with van der Waals surface area (Å²) in [5, 5.41) is 47.1. The Morgan fingerprint density at radius 1 is 0.514 bits per heavy atom. The highest BCUT2D eigenvalue weighted by atomic mass is 32.2. The predicted octanol–water partition coefficient (Wildman–Crippen LogP) is 5.22. The van der Waals surface area contributed by atoms with Crippen LogP contribution in [0.3, 0.4) is 0 Å². The SMILES string of the molecule is CNCC(=O)Nc1cc(S(=O)(=O)O)cc2cc(S(=O)(=O)O)c(N=Nc3ccc(-c4ccc(N=Nc5c(S(=O)(=O)O)cc6cc(S(=O)(=O)O)cc(NC(=O)CNC)c6c5O)c(OC)c4)cc3OC)c(O)c12. The van der Waals surface area contributed by atoms with E-state index in [0.29, 0.717) is 11.1 Å². The normalized spacial score (nSPS) is 12.5. The molecule has 6 aromatic carbocycles. The Labute approximate surface area is 397 Å². The van der Waals surface area contributed by atoms with Gasteiger partial charge < -0.3 is 41.0 Å². The van der Waals surface area contributed by atoms with E-state index >= 15 is 0 Å². The Morgan fingerprint density at radius 2 is 0.871 bits per heavy atom. The fourth-order valence-electron chi connectivity index (χ4n) is 6.80. The number of aromatic hydroxyl groups is 2. The Morgan fingerprint density at radius 3 is 1.17 bits per heavy atom. The average molecular weight is 1050 g/mol. The van der Waals surface area contributed by atoms with Crippen molar-refractivity contribution in [2.24, 2.45) is 20.5 Å². The van der Waals surface area contributed by atoms with Gasteiger partial charge in [-0.3, -0.25) is 27.8 Å². The summed E-state index contributed by atoms with van der Waals surface area (Å²) in [4.78, 5) is 21.4. The van der Waals surface area contributed by atoms with Crippen molar-refractivity contribution in [2.75, 3.05) is 52.0 Å². The molecule has 0 bridgehead atoms. The van der Waals surface area contributed by atoms with E-state index in [0.717, 1.165) is 36.4 Å². The summed E-state index contributed by atoms with van der Waals surface area (Å²) in [7, 11) is -15.0. The number of nitrogens with zero attached hydrogens (tertiary/aromatic N) is 4. The number of likely N-dealkylation sites (N-methyl/N-ethyl adjacent to an activating group) is 2. The second-order valence-electron chi connectivity index (χ2n) is 14.5. The summed E-state index contributed by atoms with van der Waals surface area (Å²) in [6.07, 6.45) is 0. The van der Waals surface area contributed by atoms with Crippen LogP contribution in [0.4, 0.5) is 34.1 Å². The van der Waals surface area contributed by atoms with Crippen LogP contribution in [0.2, 0.25) is 0 Å². The van der Waals surface area contributed by atoms with Crippen molar-refractivity contribution in [1.29, 1.82) is 0 Å². The van der Waals surface area contributed by atoms with Crippen molar-refractivity contribution in [1.82, 2.24) is 10.6 Å². The Bertz CT molecular complexity index is 3440. The topological polar surface area (TPSA) is 408 Å². The van der Waals surface area contributed by atoms with Gasteiger partial charge in [-0.15, -0.1) is 20.5 Å². The lowest BCUT2D eigenvalue weighted by Gasteiger charge is -2.15. The molecule has 0 fully saturated rings. The number of carbonyl (C=O) groups excluding carboxylic acids is 2. The standard InChI is InChI=1S/C40H38N8O18S4/c1-41-17-33(49)43-27-15-23(67(53,54)55)9-21-13-31(69(59,60)61)37(39(51)35(21)27)47-45-25-7-5-19(11-29(25)65-3)20-6-8-26(30(12-20)66-4)46-48-38-32(70(62,63)64)14-22-10-24(68(56,57)58)16-28(36(22)40(38)52)44-34(50)18-42-2/h5-16,41-42,51-52H,17-18H2,1-4H3,(H,43,49)(H,44,50)(H,53,54,55)(H,56,57,58)(H,59,60,61)(H,62,63,64). The van der Waals surface area contributed by atoms with E-state index in [2.05, 4.69) is 41.7 Å². The fraction of sp³-hybridized carbons (Fsp3) is 0.150. The summed E-state index contributed by atoms with van der Waals surface area (Å²) in [6.45, 7) is -0.583. The number of methoxy groups -OCH3 is 2. The molecule has 30 heteroatoms. The molecular formula is C40H38N8O18S4. The van der Waals surface area contributed by atoms with Crippen molar-refractivity contribution in [2.45, 2.75) is 19.6 Å². The first kappa shape index (κ1) is 52.1. The molecule has 0 saturated carbocycles. The Hall–Kier alpha value is -7.26. The molecule has 6 rings (SSSR count). The van der Waals surface area contributed by atoms with Gasteiger partial charge in [-0.2, -0.15) is 33.7 Å². The van der Waals surface area contributed by atoms with Crippen molar-refractivity contribution in [3.8, 4) is 34.1 Å². The summed E-state index contributed by atoms with van der Waals surface area (Å²) in [5.41, 5.74) is -1.78. The summed E-state index contributed by atoms with van der Waals surface area (Å²) in [5.74, 6) is -3.42.